The van der Waals surface area contributed by atoms with E-state index in [9.17, 15) is 24.2 Å². The van der Waals surface area contributed by atoms with Crippen molar-refractivity contribution in [1.29, 1.82) is 0 Å². The van der Waals surface area contributed by atoms with Gasteiger partial charge in [-0.2, -0.15) is 0 Å². The first kappa shape index (κ1) is 16.8. The predicted octanol–water partition coefficient (Wildman–Crippen LogP) is -1.71. The minimum absolute atomic E-state index is 0.0778. The van der Waals surface area contributed by atoms with Crippen molar-refractivity contribution in [2.75, 3.05) is 13.3 Å². The van der Waals surface area contributed by atoms with E-state index in [2.05, 4.69) is 0 Å². The molecule has 0 spiro atoms. The summed E-state index contributed by atoms with van der Waals surface area (Å²) < 4.78 is 19.7. The van der Waals surface area contributed by atoms with Crippen molar-refractivity contribution >= 4 is 0 Å². The first-order valence-electron chi connectivity index (χ1n) is 6.90. The maximum Gasteiger partial charge on any atom is 0.333 e. The number of hydrogen-bond acceptors (Lipinski definition) is 6. The smallest absolute Gasteiger partial charge is 0.333 e. The Morgan fingerprint density at radius 3 is 2.73 bits per heavy atom. The van der Waals surface area contributed by atoms with Gasteiger partial charge in [0.05, 0.1) is 19.3 Å². The summed E-state index contributed by atoms with van der Waals surface area (Å²) >= 11 is 0. The highest BCUT2D eigenvalue weighted by atomic mass is 18.2. The van der Waals surface area contributed by atoms with E-state index in [0.717, 1.165) is 9.13 Å². The molecule has 0 amide bonds. The second kappa shape index (κ2) is 6.69. The molecule has 1 aliphatic heterocycles. The van der Waals surface area contributed by atoms with Gasteiger partial charge >= 0.3 is 5.69 Å². The second-order valence-corrected chi connectivity index (χ2v) is 5.34. The highest BCUT2D eigenvalue weighted by Crippen LogP contribution is 2.27. The molecular formula is C13H19FN2O6. The van der Waals surface area contributed by atoms with Crippen molar-refractivity contribution < 1.29 is 24.4 Å². The van der Waals surface area contributed by atoms with Gasteiger partial charge in [0, 0.05) is 18.2 Å². The molecule has 8 nitrogen and oxygen atoms in total. The number of halogens is 1. The van der Waals surface area contributed by atoms with E-state index in [0.29, 0.717) is 0 Å². The van der Waals surface area contributed by atoms with Crippen molar-refractivity contribution in [3.8, 4) is 0 Å². The maximum absolute atomic E-state index is 12.4. The number of ether oxygens (including phenoxy) is 1. The average molecular weight is 317 g/mol. The maximum atomic E-state index is 12.4. The summed E-state index contributed by atoms with van der Waals surface area (Å²) in [7, 11) is 0. The molecule has 0 aliphatic carbocycles. The Morgan fingerprint density at radius 1 is 1.50 bits per heavy atom. The zero-order valence-corrected chi connectivity index (χ0v) is 12.1. The molecule has 22 heavy (non-hydrogen) atoms. The number of aliphatic hydroxyl groups is 3. The van der Waals surface area contributed by atoms with Gasteiger partial charge in [-0.15, -0.1) is 0 Å². The monoisotopic (exact) mass is 317 g/mol. The van der Waals surface area contributed by atoms with E-state index in [1.807, 2.05) is 0 Å². The first-order chi connectivity index (χ1) is 10.4. The molecule has 1 aromatic rings. The fraction of sp³-hybridized carbons (Fsp3) is 0.692. The summed E-state index contributed by atoms with van der Waals surface area (Å²) in [6.45, 7) is -0.462. The van der Waals surface area contributed by atoms with Gasteiger partial charge in [-0.3, -0.25) is 13.9 Å². The zero-order valence-electron chi connectivity index (χ0n) is 12.1. The number of alkyl halides is 1. The normalized spacial score (nSPS) is 26.3. The average Bonchev–Trinajstić information content (AvgIpc) is 2.87. The van der Waals surface area contributed by atoms with E-state index in [1.54, 1.807) is 0 Å². The van der Waals surface area contributed by atoms with Crippen molar-refractivity contribution in [1.82, 2.24) is 9.13 Å². The predicted molar refractivity (Wildman–Crippen MR) is 73.3 cm³/mol. The van der Waals surface area contributed by atoms with Crippen LogP contribution in [-0.4, -0.2) is 56.0 Å². The Morgan fingerprint density at radius 2 is 2.18 bits per heavy atom. The molecular weight excluding hydrogens is 298 g/mol. The standard InChI is InChI=1S/C13H19FN2O6/c1-7-4-15(11-2-9(19)10(6-17)22-11)13(21)16(12(7)20)5-8(18)3-14/h4,8-11,17-19H,2-3,5-6H2,1H3/t8?,9-,10+,11?/m0/s1/i14-1. The van der Waals surface area contributed by atoms with Crippen LogP contribution in [0.5, 0.6) is 0 Å². The minimum Gasteiger partial charge on any atom is -0.394 e. The number of aryl methyl sites for hydroxylation is 1. The molecule has 3 N–H and O–H groups in total. The molecule has 2 heterocycles. The Kier molecular flexibility index (Phi) is 5.12. The Labute approximate surface area is 125 Å². The van der Waals surface area contributed by atoms with E-state index < -0.39 is 55.6 Å². The summed E-state index contributed by atoms with van der Waals surface area (Å²) in [6, 6.07) is 0. The lowest BCUT2D eigenvalue weighted by Gasteiger charge is -2.18. The zero-order chi connectivity index (χ0) is 16.4. The van der Waals surface area contributed by atoms with Crippen LogP contribution in [0.1, 0.15) is 18.2 Å². The number of aliphatic hydroxyl groups excluding tert-OH is 3. The largest absolute Gasteiger partial charge is 0.394 e. The van der Waals surface area contributed by atoms with Crippen LogP contribution in [0.25, 0.3) is 0 Å². The molecule has 4 atom stereocenters. The van der Waals surface area contributed by atoms with Gasteiger partial charge in [0.25, 0.3) is 5.56 Å². The Bertz CT molecular complexity index is 642. The van der Waals surface area contributed by atoms with Gasteiger partial charge < -0.3 is 20.1 Å². The van der Waals surface area contributed by atoms with Crippen LogP contribution in [-0.2, 0) is 11.3 Å². The van der Waals surface area contributed by atoms with Crippen LogP contribution in [0.2, 0.25) is 0 Å². The van der Waals surface area contributed by atoms with Gasteiger partial charge in [-0.25, -0.2) is 9.18 Å². The molecule has 0 bridgehead atoms. The van der Waals surface area contributed by atoms with E-state index in [1.165, 1.54) is 13.1 Å². The third-order valence-corrected chi connectivity index (χ3v) is 3.63. The summed E-state index contributed by atoms with van der Waals surface area (Å²) in [6.07, 6.45) is -2.67. The number of hydrogen-bond donors (Lipinski definition) is 3. The highest BCUT2D eigenvalue weighted by Gasteiger charge is 2.35. The van der Waals surface area contributed by atoms with Crippen molar-refractivity contribution in [3.63, 3.8) is 0 Å². The van der Waals surface area contributed by atoms with Crippen LogP contribution in [0.15, 0.2) is 15.8 Å². The summed E-state index contributed by atoms with van der Waals surface area (Å²) in [5.41, 5.74) is -1.17. The number of rotatable bonds is 5. The molecule has 0 radical (unpaired) electrons. The summed E-state index contributed by atoms with van der Waals surface area (Å²) in [4.78, 5) is 24.3. The van der Waals surface area contributed by atoms with Crippen LogP contribution < -0.4 is 11.2 Å². The third kappa shape index (κ3) is 3.12. The molecule has 2 unspecified atom stereocenters. The molecule has 9 heteroatoms. The van der Waals surface area contributed by atoms with Crippen LogP contribution in [0.4, 0.5) is 4.39 Å². The van der Waals surface area contributed by atoms with Gasteiger partial charge in [0.15, 0.2) is 0 Å². The molecule has 0 saturated carbocycles. The van der Waals surface area contributed by atoms with Crippen molar-refractivity contribution in [2.24, 2.45) is 0 Å². The lowest BCUT2D eigenvalue weighted by atomic mass is 10.2. The molecule has 2 rings (SSSR count). The number of aromatic nitrogens is 2. The number of nitrogens with zero attached hydrogens (tertiary/aromatic N) is 2. The van der Waals surface area contributed by atoms with Gasteiger partial charge in [-0.05, 0) is 6.92 Å². The molecule has 1 aromatic heterocycles. The Hall–Kier alpha value is -1.55. The molecule has 1 aliphatic rings. The van der Waals surface area contributed by atoms with Crippen molar-refractivity contribution in [2.45, 2.75) is 44.4 Å². The second-order valence-electron chi connectivity index (χ2n) is 5.34. The molecule has 1 saturated heterocycles. The molecule has 124 valence electrons. The van der Waals surface area contributed by atoms with E-state index in [-0.39, 0.29) is 12.0 Å². The van der Waals surface area contributed by atoms with Gasteiger partial charge in [0.2, 0.25) is 0 Å². The topological polar surface area (TPSA) is 114 Å². The van der Waals surface area contributed by atoms with Gasteiger partial charge in [0.1, 0.15) is 25.1 Å². The Balaban J connectivity index is 2.42. The fourth-order valence-electron chi connectivity index (χ4n) is 2.44. The SMILES string of the molecule is Cc1cn(C2C[C@H](O)[C@@H](CO)O2)c(=O)n(CC(O)C[18F])c1=O. The summed E-state index contributed by atoms with van der Waals surface area (Å²) in [5.74, 6) is 0. The third-order valence-electron chi connectivity index (χ3n) is 3.63. The van der Waals surface area contributed by atoms with Crippen LogP contribution in [0, 0.1) is 6.92 Å². The van der Waals surface area contributed by atoms with Crippen LogP contribution >= 0.6 is 0 Å². The quantitative estimate of drug-likeness (QED) is 0.596. The minimum atomic E-state index is -1.46. The summed E-state index contributed by atoms with van der Waals surface area (Å²) in [5, 5.41) is 28.1. The fourth-order valence-corrected chi connectivity index (χ4v) is 2.44. The highest BCUT2D eigenvalue weighted by molar-refractivity contribution is 5.04. The lowest BCUT2D eigenvalue weighted by Crippen LogP contribution is -2.44. The van der Waals surface area contributed by atoms with Crippen LogP contribution in [0.3, 0.4) is 0 Å². The van der Waals surface area contributed by atoms with E-state index in [4.69, 9.17) is 9.84 Å². The first-order valence-corrected chi connectivity index (χ1v) is 6.90. The van der Waals surface area contributed by atoms with Gasteiger partial charge in [-0.1, -0.05) is 0 Å². The molecule has 1 fully saturated rings. The lowest BCUT2D eigenvalue weighted by molar-refractivity contribution is -0.0465. The molecule has 0 aromatic carbocycles. The van der Waals surface area contributed by atoms with Crippen molar-refractivity contribution in [3.05, 3.63) is 32.6 Å². The van der Waals surface area contributed by atoms with E-state index >= 15 is 0 Å².